The molecule has 0 amide bonds. The first-order chi connectivity index (χ1) is 14.7. The summed E-state index contributed by atoms with van der Waals surface area (Å²) in [5, 5.41) is 8.90. The van der Waals surface area contributed by atoms with Crippen molar-refractivity contribution >= 4 is 5.97 Å². The van der Waals surface area contributed by atoms with Gasteiger partial charge in [-0.15, -0.1) is 0 Å². The highest BCUT2D eigenvalue weighted by Crippen LogP contribution is 2.21. The Balaban J connectivity index is 1.45. The van der Waals surface area contributed by atoms with Crippen LogP contribution < -0.4 is 4.74 Å². The van der Waals surface area contributed by atoms with Gasteiger partial charge in [0.15, 0.2) is 0 Å². The molecular formula is C25H33NO4. The minimum absolute atomic E-state index is 0.0104. The van der Waals surface area contributed by atoms with E-state index < -0.39 is 5.97 Å². The van der Waals surface area contributed by atoms with E-state index in [-0.39, 0.29) is 12.6 Å². The van der Waals surface area contributed by atoms with Crippen molar-refractivity contribution in [1.29, 1.82) is 0 Å². The third-order valence-corrected chi connectivity index (χ3v) is 5.54. The summed E-state index contributed by atoms with van der Waals surface area (Å²) < 4.78 is 12.2. The van der Waals surface area contributed by atoms with Crippen LogP contribution in [0, 0.1) is 0 Å². The number of carbonyl (C=O) groups is 1. The van der Waals surface area contributed by atoms with Crippen LogP contribution in [0.5, 0.6) is 5.75 Å². The topological polar surface area (TPSA) is 59.0 Å². The summed E-state index contributed by atoms with van der Waals surface area (Å²) >= 11 is 0. The number of benzene rings is 2. The lowest BCUT2D eigenvalue weighted by molar-refractivity contribution is -0.137. The lowest BCUT2D eigenvalue weighted by atomic mass is 10.0. The molecule has 0 bridgehead atoms. The lowest BCUT2D eigenvalue weighted by Gasteiger charge is -2.27. The van der Waals surface area contributed by atoms with Crippen molar-refractivity contribution in [2.24, 2.45) is 0 Å². The Bertz CT molecular complexity index is 759. The van der Waals surface area contributed by atoms with Gasteiger partial charge in [-0.2, -0.15) is 0 Å². The minimum atomic E-state index is -0.745. The Kier molecular flexibility index (Phi) is 9.19. The zero-order valence-corrected chi connectivity index (χ0v) is 17.7. The van der Waals surface area contributed by atoms with Gasteiger partial charge in [0.05, 0.1) is 6.61 Å². The Labute approximate surface area is 179 Å². The highest BCUT2D eigenvalue weighted by atomic mass is 16.5. The van der Waals surface area contributed by atoms with Gasteiger partial charge in [0, 0.05) is 19.5 Å². The third kappa shape index (κ3) is 7.47. The van der Waals surface area contributed by atoms with E-state index in [1.165, 1.54) is 24.0 Å². The van der Waals surface area contributed by atoms with Crippen molar-refractivity contribution in [1.82, 2.24) is 4.90 Å². The van der Waals surface area contributed by atoms with Gasteiger partial charge in [-0.05, 0) is 55.7 Å². The molecule has 1 unspecified atom stereocenters. The van der Waals surface area contributed by atoms with Gasteiger partial charge < -0.3 is 14.6 Å². The Morgan fingerprint density at radius 3 is 2.47 bits per heavy atom. The lowest BCUT2D eigenvalue weighted by Crippen LogP contribution is -2.36. The van der Waals surface area contributed by atoms with Crippen molar-refractivity contribution in [3.05, 3.63) is 65.7 Å². The van der Waals surface area contributed by atoms with Crippen LogP contribution in [0.15, 0.2) is 54.6 Å². The van der Waals surface area contributed by atoms with E-state index in [2.05, 4.69) is 41.3 Å². The zero-order chi connectivity index (χ0) is 21.0. The van der Waals surface area contributed by atoms with Crippen LogP contribution >= 0.6 is 0 Å². The summed E-state index contributed by atoms with van der Waals surface area (Å²) in [5.74, 6) is 0.172. The summed E-state index contributed by atoms with van der Waals surface area (Å²) in [6.07, 6.45) is 5.86. The second-order valence-corrected chi connectivity index (χ2v) is 7.80. The fraction of sp³-hybridized carbons (Fsp3) is 0.480. The van der Waals surface area contributed by atoms with E-state index >= 15 is 0 Å². The minimum Gasteiger partial charge on any atom is -0.491 e. The van der Waals surface area contributed by atoms with Crippen molar-refractivity contribution in [2.75, 3.05) is 26.3 Å². The van der Waals surface area contributed by atoms with Crippen LogP contribution in [0.25, 0.3) is 0 Å². The standard InChI is InChI=1S/C25H33NO4/c27-25(28)14-8-13-24(26-17-6-7-18-26)30-20-19-29-23-12-5-4-11-22(23)16-15-21-9-2-1-3-10-21/h1-5,9-12,24H,6-8,13-20H2,(H,27,28). The van der Waals surface area contributed by atoms with Crippen molar-refractivity contribution in [2.45, 2.75) is 51.2 Å². The van der Waals surface area contributed by atoms with Gasteiger partial charge in [-0.1, -0.05) is 48.5 Å². The molecule has 1 aliphatic heterocycles. The summed E-state index contributed by atoms with van der Waals surface area (Å²) in [6.45, 7) is 3.05. The Hall–Kier alpha value is -2.37. The molecule has 0 saturated carbocycles. The van der Waals surface area contributed by atoms with E-state index in [0.717, 1.165) is 38.1 Å². The smallest absolute Gasteiger partial charge is 0.303 e. The van der Waals surface area contributed by atoms with Gasteiger partial charge in [0.2, 0.25) is 0 Å². The predicted octanol–water partition coefficient (Wildman–Crippen LogP) is 4.54. The van der Waals surface area contributed by atoms with Gasteiger partial charge >= 0.3 is 5.97 Å². The van der Waals surface area contributed by atoms with E-state index in [4.69, 9.17) is 14.6 Å². The SMILES string of the molecule is O=C(O)CCCC(OCCOc1ccccc1CCc1ccccc1)N1CCCC1. The molecule has 1 fully saturated rings. The maximum atomic E-state index is 10.8. The molecule has 1 saturated heterocycles. The second-order valence-electron chi connectivity index (χ2n) is 7.80. The normalized spacial score (nSPS) is 15.2. The van der Waals surface area contributed by atoms with Crippen molar-refractivity contribution in [3.8, 4) is 5.75 Å². The fourth-order valence-corrected chi connectivity index (χ4v) is 3.94. The molecule has 1 N–H and O–H groups in total. The number of aryl methyl sites for hydroxylation is 2. The monoisotopic (exact) mass is 411 g/mol. The highest BCUT2D eigenvalue weighted by Gasteiger charge is 2.22. The summed E-state index contributed by atoms with van der Waals surface area (Å²) in [5.41, 5.74) is 2.53. The van der Waals surface area contributed by atoms with Crippen LogP contribution in [0.3, 0.4) is 0 Å². The molecule has 0 aliphatic carbocycles. The first-order valence-corrected chi connectivity index (χ1v) is 11.0. The van der Waals surface area contributed by atoms with Crippen LogP contribution in [-0.4, -0.2) is 48.5 Å². The van der Waals surface area contributed by atoms with Gasteiger partial charge in [0.1, 0.15) is 18.6 Å². The van der Waals surface area contributed by atoms with Crippen LogP contribution in [0.2, 0.25) is 0 Å². The first-order valence-electron chi connectivity index (χ1n) is 11.0. The number of aliphatic carboxylic acids is 1. The maximum Gasteiger partial charge on any atom is 0.303 e. The van der Waals surface area contributed by atoms with Crippen molar-refractivity contribution in [3.63, 3.8) is 0 Å². The van der Waals surface area contributed by atoms with Crippen LogP contribution in [-0.2, 0) is 22.4 Å². The van der Waals surface area contributed by atoms with Gasteiger partial charge in [0.25, 0.3) is 0 Å². The molecule has 2 aromatic rings. The average Bonchev–Trinajstić information content (AvgIpc) is 3.30. The number of ether oxygens (including phenoxy) is 2. The molecule has 0 spiro atoms. The molecule has 162 valence electrons. The first kappa shape index (κ1) is 22.3. The number of rotatable bonds is 13. The molecule has 1 atom stereocenters. The number of nitrogens with zero attached hydrogens (tertiary/aromatic N) is 1. The molecule has 0 radical (unpaired) electrons. The molecule has 0 aromatic heterocycles. The average molecular weight is 412 g/mol. The van der Waals surface area contributed by atoms with Crippen LogP contribution in [0.4, 0.5) is 0 Å². The molecule has 2 aromatic carbocycles. The summed E-state index contributed by atoms with van der Waals surface area (Å²) in [7, 11) is 0. The molecule has 30 heavy (non-hydrogen) atoms. The summed E-state index contributed by atoms with van der Waals surface area (Å²) in [6, 6.07) is 18.7. The number of hydrogen-bond acceptors (Lipinski definition) is 4. The quantitative estimate of drug-likeness (QED) is 0.490. The Morgan fingerprint density at radius 1 is 0.967 bits per heavy atom. The highest BCUT2D eigenvalue weighted by molar-refractivity contribution is 5.66. The largest absolute Gasteiger partial charge is 0.491 e. The third-order valence-electron chi connectivity index (χ3n) is 5.54. The molecule has 5 nitrogen and oxygen atoms in total. The fourth-order valence-electron chi connectivity index (χ4n) is 3.94. The van der Waals surface area contributed by atoms with E-state index in [0.29, 0.717) is 19.6 Å². The number of carboxylic acid groups (broad SMARTS) is 1. The molecular weight excluding hydrogens is 378 g/mol. The van der Waals surface area contributed by atoms with E-state index in [1.54, 1.807) is 0 Å². The molecule has 5 heteroatoms. The second kappa shape index (κ2) is 12.4. The predicted molar refractivity (Wildman–Crippen MR) is 118 cm³/mol. The molecule has 1 aliphatic rings. The number of likely N-dealkylation sites (tertiary alicyclic amines) is 1. The number of para-hydroxylation sites is 1. The van der Waals surface area contributed by atoms with E-state index in [1.807, 2.05) is 18.2 Å². The van der Waals surface area contributed by atoms with E-state index in [9.17, 15) is 4.79 Å². The van der Waals surface area contributed by atoms with Crippen LogP contribution in [0.1, 0.15) is 43.2 Å². The van der Waals surface area contributed by atoms with Gasteiger partial charge in [-0.25, -0.2) is 0 Å². The number of hydrogen-bond donors (Lipinski definition) is 1. The van der Waals surface area contributed by atoms with Gasteiger partial charge in [-0.3, -0.25) is 9.69 Å². The zero-order valence-electron chi connectivity index (χ0n) is 17.7. The number of carboxylic acids is 1. The summed E-state index contributed by atoms with van der Waals surface area (Å²) in [4.78, 5) is 13.1. The Morgan fingerprint density at radius 2 is 1.70 bits per heavy atom. The molecule has 1 heterocycles. The van der Waals surface area contributed by atoms with Crippen molar-refractivity contribution < 1.29 is 19.4 Å². The maximum absolute atomic E-state index is 10.8. The molecule has 3 rings (SSSR count).